The number of hydrogen-bond donors (Lipinski definition) is 1. The second-order valence-corrected chi connectivity index (χ2v) is 8.64. The van der Waals surface area contributed by atoms with E-state index < -0.39 is 6.04 Å². The molecular weight excluding hydrogens is 416 g/mol. The monoisotopic (exact) mass is 446 g/mol. The Balaban J connectivity index is 2.14. The van der Waals surface area contributed by atoms with Crippen LogP contribution in [0.4, 0.5) is 0 Å². The van der Waals surface area contributed by atoms with Gasteiger partial charge in [-0.05, 0) is 42.5 Å². The number of nitrogens with one attached hydrogen (secondary N) is 1. The van der Waals surface area contributed by atoms with Crippen molar-refractivity contribution in [2.45, 2.75) is 52.0 Å². The van der Waals surface area contributed by atoms with Crippen molar-refractivity contribution in [2.75, 3.05) is 12.3 Å². The normalized spacial score (nSPS) is 11.7. The summed E-state index contributed by atoms with van der Waals surface area (Å²) >= 11 is 7.92. The van der Waals surface area contributed by atoms with Gasteiger partial charge in [-0.2, -0.15) is 0 Å². The Morgan fingerprint density at radius 1 is 1.07 bits per heavy atom. The molecular formula is C24H31ClN2O2S. The molecule has 2 aromatic rings. The number of nitrogens with zero attached hydrogens (tertiary/aromatic N) is 1. The molecule has 2 aromatic carbocycles. The SMILES string of the molecule is CCCNC(=O)[C@H](CC)N(Cc1ccccc1Cl)C(=O)CSCc1ccccc1C. The van der Waals surface area contributed by atoms with Crippen LogP contribution in [0, 0.1) is 6.92 Å². The van der Waals surface area contributed by atoms with Gasteiger partial charge in [0, 0.05) is 23.9 Å². The van der Waals surface area contributed by atoms with Gasteiger partial charge in [-0.15, -0.1) is 11.8 Å². The zero-order valence-electron chi connectivity index (χ0n) is 18.0. The number of amides is 2. The lowest BCUT2D eigenvalue weighted by molar-refractivity contribution is -0.139. The summed E-state index contributed by atoms with van der Waals surface area (Å²) in [5, 5.41) is 3.54. The first kappa shape index (κ1) is 24.3. The van der Waals surface area contributed by atoms with Gasteiger partial charge in [-0.3, -0.25) is 9.59 Å². The van der Waals surface area contributed by atoms with Crippen LogP contribution in [0.2, 0.25) is 5.02 Å². The van der Waals surface area contributed by atoms with Crippen molar-refractivity contribution < 1.29 is 9.59 Å². The van der Waals surface area contributed by atoms with Crippen LogP contribution >= 0.6 is 23.4 Å². The van der Waals surface area contributed by atoms with E-state index in [9.17, 15) is 9.59 Å². The quantitative estimate of drug-likeness (QED) is 0.515. The molecule has 0 aromatic heterocycles. The molecule has 4 nitrogen and oxygen atoms in total. The van der Waals surface area contributed by atoms with Gasteiger partial charge < -0.3 is 10.2 Å². The van der Waals surface area contributed by atoms with E-state index in [4.69, 9.17) is 11.6 Å². The van der Waals surface area contributed by atoms with E-state index in [1.807, 2.05) is 50.2 Å². The zero-order chi connectivity index (χ0) is 21.9. The highest BCUT2D eigenvalue weighted by Gasteiger charge is 2.28. The van der Waals surface area contributed by atoms with Crippen molar-refractivity contribution in [2.24, 2.45) is 0 Å². The van der Waals surface area contributed by atoms with Gasteiger partial charge in [0.25, 0.3) is 0 Å². The molecule has 2 amide bonds. The van der Waals surface area contributed by atoms with Crippen LogP contribution in [0.25, 0.3) is 0 Å². The standard InChI is InChI=1S/C24H31ClN2O2S/c1-4-14-26-24(29)22(5-2)27(15-19-11-8-9-13-21(19)25)23(28)17-30-16-20-12-7-6-10-18(20)3/h6-13,22H,4-5,14-17H2,1-3H3,(H,26,29)/t22-/m0/s1. The topological polar surface area (TPSA) is 49.4 Å². The van der Waals surface area contributed by atoms with E-state index in [-0.39, 0.29) is 11.8 Å². The predicted molar refractivity (Wildman–Crippen MR) is 127 cm³/mol. The van der Waals surface area contributed by atoms with Crippen molar-refractivity contribution >= 4 is 35.2 Å². The highest BCUT2D eigenvalue weighted by atomic mass is 35.5. The fourth-order valence-corrected chi connectivity index (χ4v) is 4.38. The molecule has 0 radical (unpaired) electrons. The third-order valence-corrected chi connectivity index (χ3v) is 6.31. The maximum atomic E-state index is 13.2. The summed E-state index contributed by atoms with van der Waals surface area (Å²) in [6.45, 7) is 6.94. The molecule has 0 spiro atoms. The average molecular weight is 447 g/mol. The molecule has 2 rings (SSSR count). The fourth-order valence-electron chi connectivity index (χ4n) is 3.20. The summed E-state index contributed by atoms with van der Waals surface area (Å²) in [6.07, 6.45) is 1.40. The Morgan fingerprint density at radius 2 is 1.73 bits per heavy atom. The summed E-state index contributed by atoms with van der Waals surface area (Å²) in [5.74, 6) is 0.920. The lowest BCUT2D eigenvalue weighted by Crippen LogP contribution is -2.49. The molecule has 0 fully saturated rings. The first-order valence-corrected chi connectivity index (χ1v) is 11.9. The molecule has 0 aliphatic carbocycles. The van der Waals surface area contributed by atoms with E-state index >= 15 is 0 Å². The molecule has 162 valence electrons. The molecule has 1 atom stereocenters. The van der Waals surface area contributed by atoms with Crippen LogP contribution < -0.4 is 5.32 Å². The van der Waals surface area contributed by atoms with Gasteiger partial charge >= 0.3 is 0 Å². The molecule has 30 heavy (non-hydrogen) atoms. The van der Waals surface area contributed by atoms with Gasteiger partial charge in [0.2, 0.25) is 11.8 Å². The van der Waals surface area contributed by atoms with Crippen LogP contribution in [0.3, 0.4) is 0 Å². The maximum Gasteiger partial charge on any atom is 0.242 e. The minimum Gasteiger partial charge on any atom is -0.354 e. The highest BCUT2D eigenvalue weighted by molar-refractivity contribution is 7.99. The Labute approximate surface area is 189 Å². The Kier molecular flexibility index (Phi) is 10.2. The van der Waals surface area contributed by atoms with Gasteiger partial charge in [0.05, 0.1) is 5.75 Å². The Hall–Kier alpha value is -1.98. The van der Waals surface area contributed by atoms with Crippen molar-refractivity contribution in [1.82, 2.24) is 10.2 Å². The minimum atomic E-state index is -0.514. The third kappa shape index (κ3) is 7.06. The molecule has 0 bridgehead atoms. The number of carbonyl (C=O) groups excluding carboxylic acids is 2. The van der Waals surface area contributed by atoms with Gasteiger partial charge in [-0.1, -0.05) is 67.9 Å². The molecule has 0 heterocycles. The molecule has 0 saturated heterocycles. The Morgan fingerprint density at radius 3 is 2.37 bits per heavy atom. The lowest BCUT2D eigenvalue weighted by atomic mass is 10.1. The smallest absolute Gasteiger partial charge is 0.242 e. The second kappa shape index (κ2) is 12.7. The molecule has 0 saturated carbocycles. The number of benzene rings is 2. The number of halogens is 1. The van der Waals surface area contributed by atoms with Gasteiger partial charge in [-0.25, -0.2) is 0 Å². The number of aryl methyl sites for hydroxylation is 1. The summed E-state index contributed by atoms with van der Waals surface area (Å²) in [5.41, 5.74) is 3.29. The second-order valence-electron chi connectivity index (χ2n) is 7.25. The van der Waals surface area contributed by atoms with Crippen LogP contribution in [-0.2, 0) is 21.9 Å². The predicted octanol–water partition coefficient (Wildman–Crippen LogP) is 5.22. The highest BCUT2D eigenvalue weighted by Crippen LogP contribution is 2.22. The van der Waals surface area contributed by atoms with Crippen LogP contribution in [0.15, 0.2) is 48.5 Å². The fraction of sp³-hybridized carbons (Fsp3) is 0.417. The molecule has 0 aliphatic heterocycles. The van der Waals surface area contributed by atoms with Crippen molar-refractivity contribution in [3.63, 3.8) is 0 Å². The summed E-state index contributed by atoms with van der Waals surface area (Å²) in [7, 11) is 0. The number of thioether (sulfide) groups is 1. The summed E-state index contributed by atoms with van der Waals surface area (Å²) in [6, 6.07) is 15.1. The van der Waals surface area contributed by atoms with Crippen molar-refractivity contribution in [3.8, 4) is 0 Å². The van der Waals surface area contributed by atoms with Crippen LogP contribution in [0.5, 0.6) is 0 Å². The Bertz CT molecular complexity index is 843. The van der Waals surface area contributed by atoms with Crippen LogP contribution in [-0.4, -0.2) is 35.1 Å². The van der Waals surface area contributed by atoms with E-state index in [0.29, 0.717) is 30.3 Å². The van der Waals surface area contributed by atoms with Gasteiger partial charge in [0.1, 0.15) is 6.04 Å². The molecule has 0 unspecified atom stereocenters. The number of hydrogen-bond acceptors (Lipinski definition) is 3. The summed E-state index contributed by atoms with van der Waals surface area (Å²) in [4.78, 5) is 27.6. The number of carbonyl (C=O) groups is 2. The summed E-state index contributed by atoms with van der Waals surface area (Å²) < 4.78 is 0. The van der Waals surface area contributed by atoms with Crippen molar-refractivity contribution in [3.05, 3.63) is 70.2 Å². The van der Waals surface area contributed by atoms with Crippen molar-refractivity contribution in [1.29, 1.82) is 0 Å². The van der Waals surface area contributed by atoms with E-state index in [0.717, 1.165) is 17.7 Å². The first-order valence-electron chi connectivity index (χ1n) is 10.4. The van der Waals surface area contributed by atoms with E-state index in [1.165, 1.54) is 11.1 Å². The molecule has 6 heteroatoms. The maximum absolute atomic E-state index is 13.2. The largest absolute Gasteiger partial charge is 0.354 e. The first-order chi connectivity index (χ1) is 14.5. The third-order valence-electron chi connectivity index (χ3n) is 4.98. The number of rotatable bonds is 11. The van der Waals surface area contributed by atoms with E-state index in [1.54, 1.807) is 16.7 Å². The zero-order valence-corrected chi connectivity index (χ0v) is 19.6. The van der Waals surface area contributed by atoms with Gasteiger partial charge in [0.15, 0.2) is 0 Å². The minimum absolute atomic E-state index is 0.0491. The van der Waals surface area contributed by atoms with E-state index in [2.05, 4.69) is 24.4 Å². The van der Waals surface area contributed by atoms with Crippen LogP contribution in [0.1, 0.15) is 43.4 Å². The molecule has 1 N–H and O–H groups in total. The molecule has 0 aliphatic rings. The average Bonchev–Trinajstić information content (AvgIpc) is 2.74. The lowest BCUT2D eigenvalue weighted by Gasteiger charge is -2.31.